The van der Waals surface area contributed by atoms with Crippen LogP contribution in [0.25, 0.3) is 0 Å². The standard InChI is InChI=1S/C26H35Cl2N3O2/c27-21-7-8-23(24(28)16-21)26(33)31-12-9-18-15-19(5-6-20(18)17-31)25(32)30-11-2-10-29(13-14-30)22-3-1-4-22/h5-6,15,21-24H,1-4,7-14,16-17H2. The molecular formula is C26H35Cl2N3O2. The average Bonchev–Trinajstić information content (AvgIpc) is 3.02. The molecule has 2 aliphatic heterocycles. The van der Waals surface area contributed by atoms with Gasteiger partial charge in [-0.25, -0.2) is 0 Å². The van der Waals surface area contributed by atoms with Crippen LogP contribution < -0.4 is 0 Å². The van der Waals surface area contributed by atoms with E-state index in [9.17, 15) is 9.59 Å². The van der Waals surface area contributed by atoms with Gasteiger partial charge in [0.15, 0.2) is 0 Å². The number of carbonyl (C=O) groups excluding carboxylic acids is 2. The Kier molecular flexibility index (Phi) is 7.20. The van der Waals surface area contributed by atoms with Crippen LogP contribution in [0.5, 0.6) is 0 Å². The van der Waals surface area contributed by atoms with E-state index in [2.05, 4.69) is 11.0 Å². The molecule has 3 fully saturated rings. The molecule has 7 heteroatoms. The third kappa shape index (κ3) is 5.06. The van der Waals surface area contributed by atoms with Crippen LogP contribution in [0.2, 0.25) is 0 Å². The molecule has 0 N–H and O–H groups in total. The Labute approximate surface area is 207 Å². The van der Waals surface area contributed by atoms with Gasteiger partial charge in [-0.3, -0.25) is 14.5 Å². The van der Waals surface area contributed by atoms with Crippen molar-refractivity contribution in [3.63, 3.8) is 0 Å². The van der Waals surface area contributed by atoms with Gasteiger partial charge in [0.05, 0.1) is 5.92 Å². The van der Waals surface area contributed by atoms with Gasteiger partial charge in [-0.1, -0.05) is 12.5 Å². The van der Waals surface area contributed by atoms with Crippen molar-refractivity contribution in [1.29, 1.82) is 0 Å². The molecule has 0 bridgehead atoms. The molecule has 1 saturated heterocycles. The molecule has 180 valence electrons. The highest BCUT2D eigenvalue weighted by Crippen LogP contribution is 2.34. The van der Waals surface area contributed by atoms with E-state index >= 15 is 0 Å². The summed E-state index contributed by atoms with van der Waals surface area (Å²) in [5.74, 6) is 0.172. The highest BCUT2D eigenvalue weighted by atomic mass is 35.5. The SMILES string of the molecule is O=C(c1ccc2c(c1)CCN(C(=O)C1CCC(Cl)CC1Cl)C2)N1CCCN(C2CCC2)CC1. The summed E-state index contributed by atoms with van der Waals surface area (Å²) in [5, 5.41) is -0.0935. The minimum absolute atomic E-state index is 0.0834. The van der Waals surface area contributed by atoms with Crippen molar-refractivity contribution in [3.8, 4) is 0 Å². The summed E-state index contributed by atoms with van der Waals surface area (Å²) in [6, 6.07) is 6.81. The van der Waals surface area contributed by atoms with Crippen LogP contribution in [0, 0.1) is 5.92 Å². The Balaban J connectivity index is 1.21. The number of halogens is 2. The number of rotatable bonds is 3. The van der Waals surface area contributed by atoms with Crippen LogP contribution in [0.15, 0.2) is 18.2 Å². The summed E-state index contributed by atoms with van der Waals surface area (Å²) in [6.07, 6.45) is 8.15. The largest absolute Gasteiger partial charge is 0.338 e. The second kappa shape index (κ2) is 10.1. The Morgan fingerprint density at radius 3 is 2.45 bits per heavy atom. The number of nitrogens with zero attached hydrogens (tertiary/aromatic N) is 3. The second-order valence-corrected chi connectivity index (χ2v) is 11.5. The number of amides is 2. The number of fused-ring (bicyclic) bond motifs is 1. The van der Waals surface area contributed by atoms with Gasteiger partial charge in [-0.15, -0.1) is 23.2 Å². The van der Waals surface area contributed by atoms with Crippen molar-refractivity contribution in [2.75, 3.05) is 32.7 Å². The van der Waals surface area contributed by atoms with Gasteiger partial charge in [0.2, 0.25) is 5.91 Å². The number of hydrogen-bond acceptors (Lipinski definition) is 3. The van der Waals surface area contributed by atoms with Crippen LogP contribution in [0.3, 0.4) is 0 Å². The normalized spacial score (nSPS) is 29.2. The first-order chi connectivity index (χ1) is 16.0. The van der Waals surface area contributed by atoms with Crippen molar-refractivity contribution in [2.24, 2.45) is 5.92 Å². The molecule has 2 heterocycles. The lowest BCUT2D eigenvalue weighted by Gasteiger charge is -2.36. The molecule has 0 spiro atoms. The number of alkyl halides is 2. The van der Waals surface area contributed by atoms with Gasteiger partial charge < -0.3 is 9.80 Å². The predicted octanol–water partition coefficient (Wildman–Crippen LogP) is 4.29. The zero-order valence-electron chi connectivity index (χ0n) is 19.4. The minimum atomic E-state index is -0.177. The smallest absolute Gasteiger partial charge is 0.253 e. The average molecular weight is 492 g/mol. The molecule has 4 aliphatic rings. The molecule has 5 rings (SSSR count). The first-order valence-corrected chi connectivity index (χ1v) is 13.6. The Bertz CT molecular complexity index is 890. The van der Waals surface area contributed by atoms with E-state index in [1.54, 1.807) is 0 Å². The zero-order chi connectivity index (χ0) is 22.9. The van der Waals surface area contributed by atoms with Gasteiger partial charge in [0, 0.05) is 61.6 Å². The van der Waals surface area contributed by atoms with Crippen molar-refractivity contribution < 1.29 is 9.59 Å². The summed E-state index contributed by atoms with van der Waals surface area (Å²) >= 11 is 12.7. The monoisotopic (exact) mass is 491 g/mol. The summed E-state index contributed by atoms with van der Waals surface area (Å²) in [7, 11) is 0. The van der Waals surface area contributed by atoms with Crippen molar-refractivity contribution in [3.05, 3.63) is 34.9 Å². The predicted molar refractivity (Wildman–Crippen MR) is 132 cm³/mol. The molecule has 0 aromatic heterocycles. The summed E-state index contributed by atoms with van der Waals surface area (Å²) in [6.45, 7) is 5.05. The fourth-order valence-electron chi connectivity index (χ4n) is 5.89. The van der Waals surface area contributed by atoms with E-state index in [-0.39, 0.29) is 28.5 Å². The lowest BCUT2D eigenvalue weighted by Crippen LogP contribution is -2.44. The maximum atomic E-state index is 13.3. The molecule has 0 radical (unpaired) electrons. The molecule has 2 amide bonds. The molecule has 1 aromatic carbocycles. The molecule has 33 heavy (non-hydrogen) atoms. The highest BCUT2D eigenvalue weighted by molar-refractivity contribution is 6.24. The summed E-state index contributed by atoms with van der Waals surface area (Å²) in [4.78, 5) is 33.0. The Morgan fingerprint density at radius 2 is 1.70 bits per heavy atom. The van der Waals surface area contributed by atoms with Crippen molar-refractivity contribution in [1.82, 2.24) is 14.7 Å². The lowest BCUT2D eigenvalue weighted by molar-refractivity contribution is -0.137. The molecule has 3 atom stereocenters. The van der Waals surface area contributed by atoms with Crippen molar-refractivity contribution >= 4 is 35.0 Å². The second-order valence-electron chi connectivity index (χ2n) is 10.3. The van der Waals surface area contributed by atoms with E-state index in [1.165, 1.54) is 24.8 Å². The van der Waals surface area contributed by atoms with Crippen LogP contribution in [0.1, 0.15) is 66.4 Å². The van der Waals surface area contributed by atoms with E-state index in [1.807, 2.05) is 21.9 Å². The van der Waals surface area contributed by atoms with E-state index in [4.69, 9.17) is 23.2 Å². The molecule has 3 unspecified atom stereocenters. The Morgan fingerprint density at radius 1 is 0.848 bits per heavy atom. The topological polar surface area (TPSA) is 43.9 Å². The third-order valence-electron chi connectivity index (χ3n) is 8.21. The summed E-state index contributed by atoms with van der Waals surface area (Å²) < 4.78 is 0. The number of hydrogen-bond donors (Lipinski definition) is 0. The molecule has 5 nitrogen and oxygen atoms in total. The fourth-order valence-corrected chi connectivity index (χ4v) is 6.75. The molecule has 2 saturated carbocycles. The van der Waals surface area contributed by atoms with E-state index in [0.717, 1.165) is 69.0 Å². The maximum absolute atomic E-state index is 13.3. The minimum Gasteiger partial charge on any atom is -0.338 e. The highest BCUT2D eigenvalue weighted by Gasteiger charge is 2.36. The van der Waals surface area contributed by atoms with Crippen LogP contribution in [0.4, 0.5) is 0 Å². The van der Waals surface area contributed by atoms with E-state index in [0.29, 0.717) is 19.5 Å². The Hall–Kier alpha value is -1.30. The van der Waals surface area contributed by atoms with Gasteiger partial charge in [-0.2, -0.15) is 0 Å². The van der Waals surface area contributed by atoms with Gasteiger partial charge in [0.25, 0.3) is 5.91 Å². The molecule has 1 aromatic rings. The van der Waals surface area contributed by atoms with Crippen LogP contribution in [-0.2, 0) is 17.8 Å². The van der Waals surface area contributed by atoms with Crippen LogP contribution in [-0.4, -0.2) is 76.0 Å². The number of benzene rings is 1. The zero-order valence-corrected chi connectivity index (χ0v) is 20.9. The maximum Gasteiger partial charge on any atom is 0.253 e. The number of carbonyl (C=O) groups is 2. The lowest BCUT2D eigenvalue weighted by atomic mass is 9.86. The fraction of sp³-hybridized carbons (Fsp3) is 0.692. The van der Waals surface area contributed by atoms with Crippen molar-refractivity contribution in [2.45, 2.75) is 74.7 Å². The third-order valence-corrected chi connectivity index (χ3v) is 9.09. The molecule has 2 aliphatic carbocycles. The quantitative estimate of drug-likeness (QED) is 0.592. The first-order valence-electron chi connectivity index (χ1n) is 12.7. The summed E-state index contributed by atoms with van der Waals surface area (Å²) in [5.41, 5.74) is 3.13. The molecular weight excluding hydrogens is 457 g/mol. The first kappa shape index (κ1) is 23.4. The van der Waals surface area contributed by atoms with Gasteiger partial charge in [0.1, 0.15) is 0 Å². The van der Waals surface area contributed by atoms with E-state index < -0.39 is 0 Å². The van der Waals surface area contributed by atoms with Crippen LogP contribution >= 0.6 is 23.2 Å². The van der Waals surface area contributed by atoms with Gasteiger partial charge in [-0.05, 0) is 68.2 Å². The van der Waals surface area contributed by atoms with Gasteiger partial charge >= 0.3 is 0 Å².